The minimum Gasteiger partial charge on any atom is -0.360 e. The van der Waals surface area contributed by atoms with Crippen LogP contribution in [-0.2, 0) is 19.4 Å². The number of aryl methyl sites for hydroxylation is 1. The first-order chi connectivity index (χ1) is 13.1. The van der Waals surface area contributed by atoms with Crippen LogP contribution in [0, 0.1) is 6.92 Å². The fourth-order valence-corrected chi connectivity index (χ4v) is 3.14. The molecule has 0 saturated heterocycles. The van der Waals surface area contributed by atoms with Crippen molar-refractivity contribution in [1.82, 2.24) is 10.1 Å². The zero-order valence-corrected chi connectivity index (χ0v) is 15.8. The topological polar surface area (TPSA) is 122 Å². The summed E-state index contributed by atoms with van der Waals surface area (Å²) in [6, 6.07) is 6.37. The fourth-order valence-electron chi connectivity index (χ4n) is 2.26. The lowest BCUT2D eigenvalue weighted by Gasteiger charge is -2.16. The van der Waals surface area contributed by atoms with Gasteiger partial charge in [-0.3, -0.25) is 14.5 Å². The number of nitrogens with one attached hydrogen (secondary N) is 2. The van der Waals surface area contributed by atoms with Gasteiger partial charge in [-0.15, -0.1) is 0 Å². The number of likely N-dealkylation sites (N-methyl/N-ethyl adjacent to an activating group) is 1. The zero-order valence-electron chi connectivity index (χ0n) is 15.0. The number of hydrogen-bond donors (Lipinski definition) is 2. The van der Waals surface area contributed by atoms with Crippen molar-refractivity contribution in [3.63, 3.8) is 0 Å². The van der Waals surface area contributed by atoms with Crippen LogP contribution in [0.25, 0.3) is 0 Å². The second-order valence-electron chi connectivity index (χ2n) is 5.89. The van der Waals surface area contributed by atoms with Crippen LogP contribution in [0.3, 0.4) is 0 Å². The molecule has 0 saturated carbocycles. The summed E-state index contributed by atoms with van der Waals surface area (Å²) in [4.78, 5) is 24.7. The van der Waals surface area contributed by atoms with E-state index in [0.29, 0.717) is 5.76 Å². The van der Waals surface area contributed by atoms with Crippen LogP contribution in [0.5, 0.6) is 0 Å². The van der Waals surface area contributed by atoms with Crippen LogP contribution in [0.4, 0.5) is 20.3 Å². The number of para-hydroxylation sites is 1. The Kier molecular flexibility index (Phi) is 6.80. The highest BCUT2D eigenvalue weighted by atomic mass is 32.2. The number of sulfone groups is 1. The molecule has 2 amide bonds. The predicted molar refractivity (Wildman–Crippen MR) is 95.6 cm³/mol. The monoisotopic (exact) mass is 416 g/mol. The number of hydrogen-bond acceptors (Lipinski definition) is 7. The van der Waals surface area contributed by atoms with Gasteiger partial charge in [-0.25, -0.2) is 8.42 Å². The van der Waals surface area contributed by atoms with Crippen molar-refractivity contribution in [3.8, 4) is 0 Å². The number of halogens is 2. The van der Waals surface area contributed by atoms with Crippen molar-refractivity contribution < 1.29 is 31.3 Å². The Morgan fingerprint density at radius 3 is 2.36 bits per heavy atom. The largest absolute Gasteiger partial charge is 0.360 e. The Bertz CT molecular complexity index is 961. The molecule has 0 spiro atoms. The summed E-state index contributed by atoms with van der Waals surface area (Å²) in [7, 11) is -3.39. The summed E-state index contributed by atoms with van der Waals surface area (Å²) in [5.74, 6) is -4.00. The molecule has 1 heterocycles. The van der Waals surface area contributed by atoms with E-state index in [2.05, 4.69) is 15.8 Å². The average molecular weight is 416 g/mol. The van der Waals surface area contributed by atoms with Crippen LogP contribution in [0.1, 0.15) is 5.76 Å². The van der Waals surface area contributed by atoms with Crippen LogP contribution in [0.15, 0.2) is 39.8 Å². The van der Waals surface area contributed by atoms with Crippen molar-refractivity contribution in [2.45, 2.75) is 17.6 Å². The molecule has 9 nitrogen and oxygen atoms in total. The highest BCUT2D eigenvalue weighted by Gasteiger charge is 2.29. The third-order valence-electron chi connectivity index (χ3n) is 3.42. The van der Waals surface area contributed by atoms with Crippen molar-refractivity contribution in [1.29, 1.82) is 0 Å². The lowest BCUT2D eigenvalue weighted by Crippen LogP contribution is -2.36. The standard InChI is InChI=1S/C16H18F2N4O5S/c1-10-7-13(21-27-10)20-15(24)9-22(2)8-14(23)19-11-5-3-4-6-12(11)28(25,26)16(17)18/h3-7,16H,8-9H2,1-2H3,(H,19,23)(H,20,21,24). The number of carbonyl (C=O) groups excluding carboxylic acids is 2. The molecule has 0 unspecified atom stereocenters. The Labute approximate surface area is 159 Å². The summed E-state index contributed by atoms with van der Waals surface area (Å²) >= 11 is 0. The van der Waals surface area contributed by atoms with Crippen molar-refractivity contribution in [3.05, 3.63) is 36.1 Å². The van der Waals surface area contributed by atoms with Gasteiger partial charge in [0.25, 0.3) is 0 Å². The molecule has 0 aliphatic heterocycles. The van der Waals surface area contributed by atoms with E-state index < -0.39 is 32.3 Å². The van der Waals surface area contributed by atoms with E-state index in [1.807, 2.05) is 0 Å². The SMILES string of the molecule is Cc1cc(NC(=O)CN(C)CC(=O)Nc2ccccc2S(=O)(=O)C(F)F)no1. The first-order valence-electron chi connectivity index (χ1n) is 7.92. The number of carbonyl (C=O) groups is 2. The highest BCUT2D eigenvalue weighted by Crippen LogP contribution is 2.26. The number of anilines is 2. The molecule has 0 aliphatic rings. The Morgan fingerprint density at radius 2 is 1.79 bits per heavy atom. The molecule has 0 bridgehead atoms. The summed E-state index contributed by atoms with van der Waals surface area (Å²) in [5, 5.41) is 8.36. The molecule has 2 rings (SSSR count). The molecule has 0 aliphatic carbocycles. The van der Waals surface area contributed by atoms with E-state index in [0.717, 1.165) is 6.07 Å². The number of amides is 2. The van der Waals surface area contributed by atoms with Gasteiger partial charge >= 0.3 is 5.76 Å². The number of benzene rings is 1. The fraction of sp³-hybridized carbons (Fsp3) is 0.312. The molecule has 1 aromatic heterocycles. The number of aromatic nitrogens is 1. The molecular weight excluding hydrogens is 398 g/mol. The highest BCUT2D eigenvalue weighted by molar-refractivity contribution is 7.91. The van der Waals surface area contributed by atoms with E-state index in [1.165, 1.54) is 36.2 Å². The maximum Gasteiger partial charge on any atom is 0.341 e. The summed E-state index contributed by atoms with van der Waals surface area (Å²) in [5.41, 5.74) is -0.260. The van der Waals surface area contributed by atoms with Crippen molar-refractivity contribution in [2.75, 3.05) is 30.8 Å². The number of nitrogens with zero attached hydrogens (tertiary/aromatic N) is 2. The van der Waals surface area contributed by atoms with E-state index in [-0.39, 0.29) is 24.6 Å². The van der Waals surface area contributed by atoms with Gasteiger partial charge in [0.05, 0.1) is 23.7 Å². The van der Waals surface area contributed by atoms with Gasteiger partial charge in [0.15, 0.2) is 5.82 Å². The number of alkyl halides is 2. The predicted octanol–water partition coefficient (Wildman–Crippen LogP) is 1.49. The van der Waals surface area contributed by atoms with Gasteiger partial charge in [-0.05, 0) is 26.1 Å². The van der Waals surface area contributed by atoms with Gasteiger partial charge in [0.1, 0.15) is 5.76 Å². The maximum absolute atomic E-state index is 12.8. The summed E-state index contributed by atoms with van der Waals surface area (Å²) < 4.78 is 53.8. The molecule has 28 heavy (non-hydrogen) atoms. The molecular formula is C16H18F2N4O5S. The van der Waals surface area contributed by atoms with Crippen LogP contribution >= 0.6 is 0 Å². The molecule has 12 heteroatoms. The minimum absolute atomic E-state index is 0.170. The second-order valence-corrected chi connectivity index (χ2v) is 7.78. The normalized spacial score (nSPS) is 11.6. The van der Waals surface area contributed by atoms with E-state index in [1.54, 1.807) is 6.92 Å². The van der Waals surface area contributed by atoms with Gasteiger partial charge < -0.3 is 15.2 Å². The molecule has 0 fully saturated rings. The van der Waals surface area contributed by atoms with Gasteiger partial charge in [0.2, 0.25) is 21.7 Å². The van der Waals surface area contributed by atoms with Gasteiger partial charge in [0, 0.05) is 6.07 Å². The lowest BCUT2D eigenvalue weighted by atomic mass is 10.3. The molecule has 152 valence electrons. The van der Waals surface area contributed by atoms with Crippen LogP contribution < -0.4 is 10.6 Å². The Morgan fingerprint density at radius 1 is 1.18 bits per heavy atom. The van der Waals surface area contributed by atoms with E-state index in [9.17, 15) is 26.8 Å². The summed E-state index contributed by atoms with van der Waals surface area (Å²) in [6.45, 7) is 1.20. The van der Waals surface area contributed by atoms with Gasteiger partial charge in [-0.2, -0.15) is 8.78 Å². The zero-order chi connectivity index (χ0) is 20.9. The third-order valence-corrected chi connectivity index (χ3v) is 4.86. The van der Waals surface area contributed by atoms with Crippen LogP contribution in [0.2, 0.25) is 0 Å². The smallest absolute Gasteiger partial charge is 0.341 e. The first-order valence-corrected chi connectivity index (χ1v) is 9.47. The summed E-state index contributed by atoms with van der Waals surface area (Å²) in [6.07, 6.45) is 0. The van der Waals surface area contributed by atoms with Crippen LogP contribution in [-0.4, -0.2) is 56.2 Å². The quantitative estimate of drug-likeness (QED) is 0.669. The maximum atomic E-state index is 12.8. The lowest BCUT2D eigenvalue weighted by molar-refractivity contribution is -0.119. The van der Waals surface area contributed by atoms with E-state index in [4.69, 9.17) is 4.52 Å². The number of rotatable bonds is 8. The second kappa shape index (κ2) is 8.89. The molecule has 2 aromatic rings. The first kappa shape index (κ1) is 21.4. The Balaban J connectivity index is 1.96. The molecule has 1 aromatic carbocycles. The van der Waals surface area contributed by atoms with Gasteiger partial charge in [-0.1, -0.05) is 17.3 Å². The van der Waals surface area contributed by atoms with Crippen molar-refractivity contribution >= 4 is 33.2 Å². The Hall–Kier alpha value is -2.86. The minimum atomic E-state index is -4.87. The third kappa shape index (κ3) is 5.57. The van der Waals surface area contributed by atoms with E-state index >= 15 is 0 Å². The van der Waals surface area contributed by atoms with Crippen molar-refractivity contribution in [2.24, 2.45) is 0 Å². The molecule has 0 radical (unpaired) electrons. The average Bonchev–Trinajstić information content (AvgIpc) is 2.99. The molecule has 2 N–H and O–H groups in total. The molecule has 0 atom stereocenters.